The number of likely N-dealkylation sites (tertiary alicyclic amines) is 1. The Morgan fingerprint density at radius 3 is 3.00 bits per heavy atom. The van der Waals surface area contributed by atoms with Gasteiger partial charge in [0.25, 0.3) is 0 Å². The molecule has 0 aliphatic carbocycles. The topological polar surface area (TPSA) is 89.3 Å². The van der Waals surface area contributed by atoms with Crippen LogP contribution in [-0.4, -0.2) is 35.2 Å². The van der Waals surface area contributed by atoms with E-state index in [1.807, 2.05) is 0 Å². The highest BCUT2D eigenvalue weighted by Crippen LogP contribution is 2.12. The minimum Gasteiger partial charge on any atom is -0.465 e. The third-order valence-corrected chi connectivity index (χ3v) is 1.65. The first-order chi connectivity index (χ1) is 5.24. The largest absolute Gasteiger partial charge is 0.465 e. The molecule has 1 N–H and O–H groups in total. The maximum absolute atomic E-state index is 10.3. The predicted octanol–water partition coefficient (Wildman–Crippen LogP) is 1.05. The van der Waals surface area contributed by atoms with Crippen molar-refractivity contribution in [1.82, 2.24) is 4.90 Å². The molecule has 60 valence electrons. The van der Waals surface area contributed by atoms with Crippen LogP contribution in [-0.2, 0) is 0 Å². The minimum atomic E-state index is -0.944. The van der Waals surface area contributed by atoms with Crippen LogP contribution in [0.5, 0.6) is 0 Å². The second-order valence-corrected chi connectivity index (χ2v) is 2.38. The molecule has 0 spiro atoms. The van der Waals surface area contributed by atoms with Crippen molar-refractivity contribution in [2.24, 2.45) is 5.11 Å². The number of hydrogen-bond donors (Lipinski definition) is 1. The molecule has 0 unspecified atom stereocenters. The summed E-state index contributed by atoms with van der Waals surface area (Å²) < 4.78 is 0. The summed E-state index contributed by atoms with van der Waals surface area (Å²) in [4.78, 5) is 14.2. The van der Waals surface area contributed by atoms with E-state index in [0.29, 0.717) is 19.5 Å². The van der Waals surface area contributed by atoms with Crippen LogP contribution in [0.25, 0.3) is 10.4 Å². The third kappa shape index (κ3) is 1.75. The Labute approximate surface area is 63.0 Å². The highest BCUT2D eigenvalue weighted by atomic mass is 16.4. The van der Waals surface area contributed by atoms with E-state index in [0.717, 1.165) is 0 Å². The van der Waals surface area contributed by atoms with Crippen molar-refractivity contribution in [3.05, 3.63) is 10.4 Å². The SMILES string of the molecule is [N-]=[N+]=N[C@@H]1CCN(C(=O)O)C1. The van der Waals surface area contributed by atoms with Gasteiger partial charge < -0.3 is 10.0 Å². The summed E-state index contributed by atoms with van der Waals surface area (Å²) in [7, 11) is 0. The zero-order valence-electron chi connectivity index (χ0n) is 5.84. The van der Waals surface area contributed by atoms with E-state index in [1.165, 1.54) is 4.90 Å². The van der Waals surface area contributed by atoms with Gasteiger partial charge in [0.1, 0.15) is 0 Å². The zero-order valence-corrected chi connectivity index (χ0v) is 5.84. The smallest absolute Gasteiger partial charge is 0.407 e. The van der Waals surface area contributed by atoms with Gasteiger partial charge in [-0.25, -0.2) is 4.79 Å². The fourth-order valence-electron chi connectivity index (χ4n) is 1.08. The first-order valence-electron chi connectivity index (χ1n) is 3.26. The van der Waals surface area contributed by atoms with E-state index < -0.39 is 6.09 Å². The van der Waals surface area contributed by atoms with Crippen molar-refractivity contribution in [1.29, 1.82) is 0 Å². The molecule has 6 nitrogen and oxygen atoms in total. The molecular formula is C5H8N4O2. The van der Waals surface area contributed by atoms with Gasteiger partial charge in [-0.05, 0) is 12.0 Å². The van der Waals surface area contributed by atoms with E-state index in [-0.39, 0.29) is 6.04 Å². The molecule has 6 heteroatoms. The lowest BCUT2D eigenvalue weighted by molar-refractivity contribution is 0.155. The highest BCUT2D eigenvalue weighted by molar-refractivity contribution is 5.65. The Balaban J connectivity index is 2.46. The molecule has 1 amide bonds. The minimum absolute atomic E-state index is 0.170. The quantitative estimate of drug-likeness (QED) is 0.349. The van der Waals surface area contributed by atoms with Crippen molar-refractivity contribution >= 4 is 6.09 Å². The Kier molecular flexibility index (Phi) is 2.18. The Morgan fingerprint density at radius 1 is 1.82 bits per heavy atom. The molecule has 1 heterocycles. The molecule has 1 fully saturated rings. The summed E-state index contributed by atoms with van der Waals surface area (Å²) in [6, 6.07) is -0.170. The van der Waals surface area contributed by atoms with Gasteiger partial charge >= 0.3 is 6.09 Å². The highest BCUT2D eigenvalue weighted by Gasteiger charge is 2.24. The standard InChI is InChI=1S/C5H8N4O2/c6-8-7-4-1-2-9(3-4)5(10)11/h4H,1-3H2,(H,10,11)/t4-/m1/s1. The first kappa shape index (κ1) is 7.68. The van der Waals surface area contributed by atoms with Gasteiger partial charge in [0.15, 0.2) is 0 Å². The van der Waals surface area contributed by atoms with E-state index in [9.17, 15) is 4.79 Å². The van der Waals surface area contributed by atoms with Crippen LogP contribution in [0.3, 0.4) is 0 Å². The molecule has 0 aromatic carbocycles. The van der Waals surface area contributed by atoms with Gasteiger partial charge in [-0.3, -0.25) is 0 Å². The number of hydrogen-bond acceptors (Lipinski definition) is 2. The summed E-state index contributed by atoms with van der Waals surface area (Å²) in [5, 5.41) is 11.9. The molecule has 1 aliphatic heterocycles. The van der Waals surface area contributed by atoms with Gasteiger partial charge in [-0.2, -0.15) is 0 Å². The first-order valence-corrected chi connectivity index (χ1v) is 3.26. The molecule has 1 rings (SSSR count). The van der Waals surface area contributed by atoms with Gasteiger partial charge in [0.05, 0.1) is 6.04 Å². The van der Waals surface area contributed by atoms with Crippen molar-refractivity contribution in [2.75, 3.05) is 13.1 Å². The van der Waals surface area contributed by atoms with Crippen molar-refractivity contribution in [3.63, 3.8) is 0 Å². The second kappa shape index (κ2) is 3.12. The number of rotatable bonds is 1. The number of azide groups is 1. The normalized spacial score (nSPS) is 22.9. The summed E-state index contributed by atoms with van der Waals surface area (Å²) in [6.45, 7) is 0.804. The lowest BCUT2D eigenvalue weighted by Gasteiger charge is -2.08. The van der Waals surface area contributed by atoms with Crippen LogP contribution < -0.4 is 0 Å². The van der Waals surface area contributed by atoms with Crippen molar-refractivity contribution < 1.29 is 9.90 Å². The molecule has 1 atom stereocenters. The maximum atomic E-state index is 10.3. The predicted molar refractivity (Wildman–Crippen MR) is 37.1 cm³/mol. The molecular weight excluding hydrogens is 148 g/mol. The van der Waals surface area contributed by atoms with Crippen molar-refractivity contribution in [3.8, 4) is 0 Å². The van der Waals surface area contributed by atoms with E-state index in [1.54, 1.807) is 0 Å². The van der Waals surface area contributed by atoms with Crippen LogP contribution in [0.2, 0.25) is 0 Å². The molecule has 0 aromatic heterocycles. The summed E-state index contributed by atoms with van der Waals surface area (Å²) in [5.74, 6) is 0. The van der Waals surface area contributed by atoms with Crippen LogP contribution in [0.1, 0.15) is 6.42 Å². The average Bonchev–Trinajstić information content (AvgIpc) is 2.37. The van der Waals surface area contributed by atoms with Gasteiger partial charge in [-0.15, -0.1) is 0 Å². The fraction of sp³-hybridized carbons (Fsp3) is 0.800. The Morgan fingerprint density at radius 2 is 2.55 bits per heavy atom. The monoisotopic (exact) mass is 156 g/mol. The summed E-state index contributed by atoms with van der Waals surface area (Å²) in [5.41, 5.74) is 8.04. The molecule has 0 radical (unpaired) electrons. The summed E-state index contributed by atoms with van der Waals surface area (Å²) >= 11 is 0. The van der Waals surface area contributed by atoms with Crippen LogP contribution >= 0.6 is 0 Å². The van der Waals surface area contributed by atoms with Gasteiger partial charge in [0.2, 0.25) is 0 Å². The molecule has 0 saturated carbocycles. The Bertz CT molecular complexity index is 203. The zero-order chi connectivity index (χ0) is 8.27. The lowest BCUT2D eigenvalue weighted by Crippen LogP contribution is -2.27. The Hall–Kier alpha value is -1.42. The van der Waals surface area contributed by atoms with Gasteiger partial charge in [0, 0.05) is 18.0 Å². The second-order valence-electron chi connectivity index (χ2n) is 2.38. The molecule has 11 heavy (non-hydrogen) atoms. The average molecular weight is 156 g/mol. The summed E-state index contributed by atoms with van der Waals surface area (Å²) in [6.07, 6.45) is -0.309. The molecule has 1 aliphatic rings. The number of carboxylic acid groups (broad SMARTS) is 1. The lowest BCUT2D eigenvalue weighted by atomic mass is 10.3. The van der Waals surface area contributed by atoms with Crippen LogP contribution in [0.4, 0.5) is 4.79 Å². The van der Waals surface area contributed by atoms with E-state index in [4.69, 9.17) is 10.6 Å². The number of amides is 1. The molecule has 0 bridgehead atoms. The van der Waals surface area contributed by atoms with Crippen LogP contribution in [0.15, 0.2) is 5.11 Å². The van der Waals surface area contributed by atoms with E-state index in [2.05, 4.69) is 10.0 Å². The molecule has 0 aromatic rings. The van der Waals surface area contributed by atoms with Gasteiger partial charge in [-0.1, -0.05) is 5.11 Å². The van der Waals surface area contributed by atoms with Crippen molar-refractivity contribution in [2.45, 2.75) is 12.5 Å². The number of carbonyl (C=O) groups is 1. The fourth-order valence-corrected chi connectivity index (χ4v) is 1.08. The third-order valence-electron chi connectivity index (χ3n) is 1.65. The van der Waals surface area contributed by atoms with Crippen LogP contribution in [0, 0.1) is 0 Å². The maximum Gasteiger partial charge on any atom is 0.407 e. The number of nitrogens with zero attached hydrogens (tertiary/aromatic N) is 4. The van der Waals surface area contributed by atoms with E-state index >= 15 is 0 Å². The molecule has 1 saturated heterocycles.